The summed E-state index contributed by atoms with van der Waals surface area (Å²) < 4.78 is 16.0. The zero-order chi connectivity index (χ0) is 24.6. The number of halogens is 1. The van der Waals surface area contributed by atoms with Crippen LogP contribution in [0.1, 0.15) is 32.6 Å². The van der Waals surface area contributed by atoms with Crippen molar-refractivity contribution in [2.45, 2.75) is 32.6 Å². The molecule has 1 aliphatic rings. The van der Waals surface area contributed by atoms with E-state index in [1.54, 1.807) is 37.5 Å². The lowest BCUT2D eigenvalue weighted by Gasteiger charge is -2.28. The number of amides is 1. The van der Waals surface area contributed by atoms with Crippen LogP contribution in [0.25, 0.3) is 44.7 Å². The molecule has 6 rings (SSSR count). The highest BCUT2D eigenvalue weighted by Crippen LogP contribution is 2.35. The number of piperidine rings is 1. The summed E-state index contributed by atoms with van der Waals surface area (Å²) >= 11 is 0. The Balaban J connectivity index is 1.43. The average Bonchev–Trinajstić information content (AvgIpc) is 3.54. The predicted octanol–water partition coefficient (Wildman–Crippen LogP) is 5.04. The third kappa shape index (κ3) is 3.84. The first-order valence-corrected chi connectivity index (χ1v) is 12.1. The predicted molar refractivity (Wildman–Crippen MR) is 137 cm³/mol. The van der Waals surface area contributed by atoms with Crippen molar-refractivity contribution in [3.05, 3.63) is 48.7 Å². The standard InChI is InChI=1S/C26H25FN8O/c1-2-20(36)30-16-12-15(13-28-14-16)17-6-7-18-21(22(17)27)24(34-33-18)26-31-23-19(8-9-29-25(23)32-26)35-10-4-3-5-11-35/h6-9,12-14H,2-5,10-11H2,1H3,(H,30,36)(H,33,34)(H,29,31,32). The molecule has 4 aromatic heterocycles. The van der Waals surface area contributed by atoms with Crippen molar-refractivity contribution in [3.63, 3.8) is 0 Å². The Morgan fingerprint density at radius 2 is 2.03 bits per heavy atom. The minimum absolute atomic E-state index is 0.135. The molecule has 0 atom stereocenters. The fraction of sp³-hybridized carbons (Fsp3) is 0.269. The zero-order valence-electron chi connectivity index (χ0n) is 19.8. The maximum absolute atomic E-state index is 16.0. The molecule has 0 radical (unpaired) electrons. The molecule has 0 saturated carbocycles. The highest BCUT2D eigenvalue weighted by atomic mass is 19.1. The minimum atomic E-state index is -0.443. The lowest BCUT2D eigenvalue weighted by Crippen LogP contribution is -2.29. The van der Waals surface area contributed by atoms with Crippen LogP contribution in [-0.4, -0.2) is 49.1 Å². The van der Waals surface area contributed by atoms with E-state index in [4.69, 9.17) is 0 Å². The number of H-pyrrole nitrogens is 2. The van der Waals surface area contributed by atoms with Crippen LogP contribution in [0.3, 0.4) is 0 Å². The average molecular weight is 485 g/mol. The summed E-state index contributed by atoms with van der Waals surface area (Å²) in [6, 6.07) is 7.16. The molecule has 36 heavy (non-hydrogen) atoms. The van der Waals surface area contributed by atoms with Crippen LogP contribution in [-0.2, 0) is 4.79 Å². The Morgan fingerprint density at radius 3 is 2.86 bits per heavy atom. The monoisotopic (exact) mass is 484 g/mol. The second-order valence-electron chi connectivity index (χ2n) is 8.95. The molecule has 0 unspecified atom stereocenters. The number of hydrogen-bond acceptors (Lipinski definition) is 6. The topological polar surface area (TPSA) is 115 Å². The van der Waals surface area contributed by atoms with Crippen LogP contribution >= 0.6 is 0 Å². The van der Waals surface area contributed by atoms with Gasteiger partial charge in [-0.25, -0.2) is 14.4 Å². The fourth-order valence-corrected chi connectivity index (χ4v) is 4.78. The second-order valence-corrected chi connectivity index (χ2v) is 8.95. The highest BCUT2D eigenvalue weighted by molar-refractivity contribution is 5.98. The smallest absolute Gasteiger partial charge is 0.224 e. The Morgan fingerprint density at radius 1 is 1.17 bits per heavy atom. The van der Waals surface area contributed by atoms with Crippen LogP contribution in [0, 0.1) is 5.82 Å². The molecule has 0 bridgehead atoms. The van der Waals surface area contributed by atoms with E-state index in [0.717, 1.165) is 37.1 Å². The van der Waals surface area contributed by atoms with Gasteiger partial charge in [0.1, 0.15) is 17.0 Å². The Bertz CT molecular complexity index is 1580. The Hall–Kier alpha value is -4.34. The molecular formula is C26H25FN8O. The van der Waals surface area contributed by atoms with Gasteiger partial charge in [0.2, 0.25) is 5.91 Å². The molecule has 1 amide bonds. The summed E-state index contributed by atoms with van der Waals surface area (Å²) in [5, 5.41) is 10.4. The number of imidazole rings is 1. The first kappa shape index (κ1) is 22.1. The summed E-state index contributed by atoms with van der Waals surface area (Å²) in [5.74, 6) is -0.127. The number of benzene rings is 1. The molecule has 10 heteroatoms. The summed E-state index contributed by atoms with van der Waals surface area (Å²) in [5.41, 5.74) is 4.81. The van der Waals surface area contributed by atoms with Gasteiger partial charge >= 0.3 is 0 Å². The lowest BCUT2D eigenvalue weighted by atomic mass is 10.0. The number of nitrogens with zero attached hydrogens (tertiary/aromatic N) is 5. The van der Waals surface area contributed by atoms with Gasteiger partial charge in [-0.1, -0.05) is 6.92 Å². The number of nitrogens with one attached hydrogen (secondary N) is 3. The van der Waals surface area contributed by atoms with Gasteiger partial charge in [-0.2, -0.15) is 5.10 Å². The third-order valence-corrected chi connectivity index (χ3v) is 6.61. The van der Waals surface area contributed by atoms with Crippen molar-refractivity contribution < 1.29 is 9.18 Å². The fourth-order valence-electron chi connectivity index (χ4n) is 4.78. The molecule has 5 aromatic rings. The highest BCUT2D eigenvalue weighted by Gasteiger charge is 2.22. The van der Waals surface area contributed by atoms with Crippen LogP contribution < -0.4 is 10.2 Å². The van der Waals surface area contributed by atoms with Gasteiger partial charge in [0.05, 0.1) is 28.5 Å². The summed E-state index contributed by atoms with van der Waals surface area (Å²) in [4.78, 5) is 30.8. The zero-order valence-corrected chi connectivity index (χ0v) is 19.8. The van der Waals surface area contributed by atoms with Gasteiger partial charge in [0.25, 0.3) is 0 Å². The Labute approximate surface area is 206 Å². The van der Waals surface area contributed by atoms with E-state index >= 15 is 4.39 Å². The molecule has 0 aliphatic carbocycles. The van der Waals surface area contributed by atoms with Gasteiger partial charge < -0.3 is 15.2 Å². The maximum Gasteiger partial charge on any atom is 0.224 e. The lowest BCUT2D eigenvalue weighted by molar-refractivity contribution is -0.115. The molecule has 182 valence electrons. The second kappa shape index (κ2) is 9.03. The number of aromatic amines is 2. The van der Waals surface area contributed by atoms with Crippen molar-refractivity contribution in [3.8, 4) is 22.6 Å². The van der Waals surface area contributed by atoms with Crippen molar-refractivity contribution in [2.24, 2.45) is 0 Å². The summed E-state index contributed by atoms with van der Waals surface area (Å²) in [6.45, 7) is 3.74. The molecule has 3 N–H and O–H groups in total. The Kier molecular flexibility index (Phi) is 5.55. The number of carbonyl (C=O) groups excluding carboxylic acids is 1. The van der Waals surface area contributed by atoms with Gasteiger partial charge in [-0.15, -0.1) is 0 Å². The number of fused-ring (bicyclic) bond motifs is 2. The molecule has 5 heterocycles. The van der Waals surface area contributed by atoms with Crippen LogP contribution in [0.5, 0.6) is 0 Å². The molecule has 1 aliphatic heterocycles. The van der Waals surface area contributed by atoms with Crippen LogP contribution in [0.2, 0.25) is 0 Å². The number of carbonyl (C=O) groups is 1. The van der Waals surface area contributed by atoms with Crippen LogP contribution in [0.4, 0.5) is 15.8 Å². The number of aromatic nitrogens is 6. The van der Waals surface area contributed by atoms with Gasteiger partial charge in [-0.3, -0.25) is 14.9 Å². The first-order valence-electron chi connectivity index (χ1n) is 12.1. The summed E-state index contributed by atoms with van der Waals surface area (Å²) in [6.07, 6.45) is 8.76. The minimum Gasteiger partial charge on any atom is -0.370 e. The van der Waals surface area contributed by atoms with Crippen molar-refractivity contribution in [1.82, 2.24) is 30.1 Å². The number of anilines is 2. The molecule has 9 nitrogen and oxygen atoms in total. The number of hydrogen-bond donors (Lipinski definition) is 3. The molecule has 1 saturated heterocycles. The van der Waals surface area contributed by atoms with E-state index < -0.39 is 5.82 Å². The van der Waals surface area contributed by atoms with Gasteiger partial charge in [-0.05, 0) is 43.5 Å². The SMILES string of the molecule is CCC(=O)Nc1cncc(-c2ccc3[nH]nc(-c4nc5nccc(N6CCCCC6)c5[nH]4)c3c2F)c1. The first-order chi connectivity index (χ1) is 17.6. The third-order valence-electron chi connectivity index (χ3n) is 6.61. The van der Waals surface area contributed by atoms with Gasteiger partial charge in [0, 0.05) is 43.0 Å². The normalized spacial score (nSPS) is 14.0. The largest absolute Gasteiger partial charge is 0.370 e. The van der Waals surface area contributed by atoms with Crippen molar-refractivity contribution >= 4 is 39.3 Å². The van der Waals surface area contributed by atoms with E-state index in [0.29, 0.717) is 51.3 Å². The maximum atomic E-state index is 16.0. The van der Waals surface area contributed by atoms with Gasteiger partial charge in [0.15, 0.2) is 11.5 Å². The number of pyridine rings is 2. The van der Waals surface area contributed by atoms with E-state index in [1.165, 1.54) is 12.6 Å². The van der Waals surface area contributed by atoms with E-state index in [9.17, 15) is 4.79 Å². The molecule has 1 aromatic carbocycles. The van der Waals surface area contributed by atoms with Crippen molar-refractivity contribution in [2.75, 3.05) is 23.3 Å². The quantitative estimate of drug-likeness (QED) is 0.322. The molecule has 0 spiro atoms. The molecule has 1 fully saturated rings. The van der Waals surface area contributed by atoms with Crippen molar-refractivity contribution in [1.29, 1.82) is 0 Å². The van der Waals surface area contributed by atoms with E-state index in [1.807, 2.05) is 6.07 Å². The summed E-state index contributed by atoms with van der Waals surface area (Å²) in [7, 11) is 0. The van der Waals surface area contributed by atoms with E-state index in [-0.39, 0.29) is 5.91 Å². The number of rotatable bonds is 5. The molecular weight excluding hydrogens is 459 g/mol. The van der Waals surface area contributed by atoms with Crippen LogP contribution in [0.15, 0.2) is 42.9 Å². The van der Waals surface area contributed by atoms with E-state index in [2.05, 4.69) is 40.3 Å².